The number of hydrogen-bond acceptors (Lipinski definition) is 7. The molecule has 8 nitrogen and oxygen atoms in total. The van der Waals surface area contributed by atoms with Crippen LogP contribution in [0, 0.1) is 0 Å². The topological polar surface area (TPSA) is 109 Å². The number of nitrogen functional groups attached to an aromatic ring is 1. The average molecular weight is 340 g/mol. The predicted molar refractivity (Wildman–Crippen MR) is 87.3 cm³/mol. The van der Waals surface area contributed by atoms with Crippen LogP contribution in [0.15, 0.2) is 53.3 Å². The van der Waals surface area contributed by atoms with Crippen LogP contribution >= 0.6 is 11.6 Å². The van der Waals surface area contributed by atoms with Gasteiger partial charge in [0.1, 0.15) is 0 Å². The van der Waals surface area contributed by atoms with Gasteiger partial charge >= 0.3 is 0 Å². The third-order valence-corrected chi connectivity index (χ3v) is 3.58. The predicted octanol–water partition coefficient (Wildman–Crippen LogP) is 2.61. The van der Waals surface area contributed by atoms with Gasteiger partial charge in [-0.2, -0.15) is 9.67 Å². The highest BCUT2D eigenvalue weighted by molar-refractivity contribution is 6.30. The Balaban J connectivity index is 1.71. The molecular formula is C15H10ClN7O. The van der Waals surface area contributed by atoms with Crippen molar-refractivity contribution in [1.29, 1.82) is 0 Å². The van der Waals surface area contributed by atoms with Crippen LogP contribution in [0.2, 0.25) is 5.02 Å². The third kappa shape index (κ3) is 2.48. The first-order valence-corrected chi connectivity index (χ1v) is 7.32. The molecule has 0 spiro atoms. The fourth-order valence-electron chi connectivity index (χ4n) is 2.15. The van der Waals surface area contributed by atoms with Crippen LogP contribution < -0.4 is 5.73 Å². The van der Waals surface area contributed by atoms with Crippen molar-refractivity contribution in [3.63, 3.8) is 0 Å². The van der Waals surface area contributed by atoms with Crippen LogP contribution in [0.3, 0.4) is 0 Å². The number of halogens is 1. The molecule has 4 rings (SSSR count). The maximum absolute atomic E-state index is 6.12. The molecule has 0 saturated heterocycles. The molecule has 0 atom stereocenters. The van der Waals surface area contributed by atoms with Crippen molar-refractivity contribution in [2.45, 2.75) is 0 Å². The molecule has 24 heavy (non-hydrogen) atoms. The molecule has 3 aromatic heterocycles. The van der Waals surface area contributed by atoms with Gasteiger partial charge in [0.2, 0.25) is 5.82 Å². The minimum Gasteiger partial charge on any atom is -0.382 e. The van der Waals surface area contributed by atoms with Gasteiger partial charge in [0.25, 0.3) is 5.89 Å². The zero-order valence-corrected chi connectivity index (χ0v) is 12.9. The summed E-state index contributed by atoms with van der Waals surface area (Å²) in [7, 11) is 0. The lowest BCUT2D eigenvalue weighted by Gasteiger charge is -2.02. The van der Waals surface area contributed by atoms with Crippen molar-refractivity contribution in [3.8, 4) is 28.7 Å². The summed E-state index contributed by atoms with van der Waals surface area (Å²) in [6.07, 6.45) is 3.31. The van der Waals surface area contributed by atoms with E-state index >= 15 is 0 Å². The number of benzene rings is 1. The highest BCUT2D eigenvalue weighted by Gasteiger charge is 2.19. The van der Waals surface area contributed by atoms with E-state index in [1.807, 2.05) is 6.07 Å². The zero-order valence-electron chi connectivity index (χ0n) is 12.2. The quantitative estimate of drug-likeness (QED) is 0.611. The molecule has 1 aromatic carbocycles. The van der Waals surface area contributed by atoms with Crippen LogP contribution in [0.4, 0.5) is 5.82 Å². The van der Waals surface area contributed by atoms with Crippen molar-refractivity contribution in [2.75, 3.05) is 5.73 Å². The molecule has 118 valence electrons. The summed E-state index contributed by atoms with van der Waals surface area (Å²) >= 11 is 5.89. The number of nitrogens with two attached hydrogens (primary N) is 1. The average Bonchev–Trinajstić information content (AvgIpc) is 3.23. The van der Waals surface area contributed by atoms with E-state index in [1.165, 1.54) is 4.68 Å². The van der Waals surface area contributed by atoms with E-state index < -0.39 is 0 Å². The second-order valence-corrected chi connectivity index (χ2v) is 5.31. The Bertz CT molecular complexity index is 979. The SMILES string of the molecule is Nc1c(-c2nc(-c3cccnc3)no2)nnn1-c1ccc(Cl)cc1. The molecule has 0 radical (unpaired) electrons. The third-order valence-electron chi connectivity index (χ3n) is 3.32. The first-order chi connectivity index (χ1) is 11.7. The lowest BCUT2D eigenvalue weighted by molar-refractivity contribution is 0.431. The summed E-state index contributed by atoms with van der Waals surface area (Å²) in [4.78, 5) is 8.32. The standard InChI is InChI=1S/C15H10ClN7O/c16-10-3-5-11(6-4-10)23-13(17)12(20-22-23)15-19-14(21-24-15)9-2-1-7-18-8-9/h1-8H,17H2. The summed E-state index contributed by atoms with van der Waals surface area (Å²) in [5, 5.41) is 12.6. The molecule has 0 aliphatic heterocycles. The Morgan fingerprint density at radius 2 is 1.96 bits per heavy atom. The second kappa shape index (κ2) is 5.74. The zero-order chi connectivity index (χ0) is 16.5. The van der Waals surface area contributed by atoms with Crippen molar-refractivity contribution in [1.82, 2.24) is 30.1 Å². The Labute approximate surface area is 140 Å². The van der Waals surface area contributed by atoms with Crippen molar-refractivity contribution in [3.05, 3.63) is 53.8 Å². The Kier molecular flexibility index (Phi) is 3.43. The van der Waals surface area contributed by atoms with Gasteiger partial charge in [-0.1, -0.05) is 22.0 Å². The highest BCUT2D eigenvalue weighted by Crippen LogP contribution is 2.26. The summed E-state index contributed by atoms with van der Waals surface area (Å²) < 4.78 is 6.72. The Morgan fingerprint density at radius 1 is 1.12 bits per heavy atom. The van der Waals surface area contributed by atoms with E-state index in [1.54, 1.807) is 42.7 Å². The summed E-state index contributed by atoms with van der Waals surface area (Å²) in [6, 6.07) is 10.7. The van der Waals surface area contributed by atoms with Gasteiger partial charge in [-0.15, -0.1) is 5.10 Å². The summed E-state index contributed by atoms with van der Waals surface area (Å²) in [6.45, 7) is 0. The normalized spacial score (nSPS) is 10.9. The van der Waals surface area contributed by atoms with Gasteiger partial charge in [-0.25, -0.2) is 0 Å². The van der Waals surface area contributed by atoms with Gasteiger partial charge in [0.05, 0.1) is 5.69 Å². The van der Waals surface area contributed by atoms with Gasteiger partial charge < -0.3 is 10.3 Å². The minimum absolute atomic E-state index is 0.187. The first kappa shape index (κ1) is 14.3. The smallest absolute Gasteiger partial charge is 0.282 e. The fraction of sp³-hybridized carbons (Fsp3) is 0. The summed E-state index contributed by atoms with van der Waals surface area (Å²) in [5.41, 5.74) is 7.89. The number of aromatic nitrogens is 6. The van der Waals surface area contributed by atoms with Crippen LogP contribution in [0.25, 0.3) is 28.7 Å². The van der Waals surface area contributed by atoms with E-state index in [-0.39, 0.29) is 5.89 Å². The van der Waals surface area contributed by atoms with Crippen molar-refractivity contribution >= 4 is 17.4 Å². The molecule has 2 N–H and O–H groups in total. The molecule has 9 heteroatoms. The maximum atomic E-state index is 6.12. The molecule has 0 aliphatic rings. The van der Waals surface area contributed by atoms with E-state index in [9.17, 15) is 0 Å². The Morgan fingerprint density at radius 3 is 2.71 bits per heavy atom. The van der Waals surface area contributed by atoms with Crippen molar-refractivity contribution in [2.24, 2.45) is 0 Å². The highest BCUT2D eigenvalue weighted by atomic mass is 35.5. The number of rotatable bonds is 3. The molecule has 0 saturated carbocycles. The van der Waals surface area contributed by atoms with E-state index in [0.29, 0.717) is 22.4 Å². The molecular weight excluding hydrogens is 330 g/mol. The van der Waals surface area contributed by atoms with Gasteiger partial charge in [-0.3, -0.25) is 4.98 Å². The van der Waals surface area contributed by atoms with E-state index in [2.05, 4.69) is 25.4 Å². The maximum Gasteiger partial charge on any atom is 0.282 e. The lowest BCUT2D eigenvalue weighted by Crippen LogP contribution is -2.02. The molecule has 3 heterocycles. The molecule has 0 aliphatic carbocycles. The van der Waals surface area contributed by atoms with Crippen LogP contribution in [0.5, 0.6) is 0 Å². The number of pyridine rings is 1. The molecule has 4 aromatic rings. The second-order valence-electron chi connectivity index (χ2n) is 4.88. The van der Waals surface area contributed by atoms with Crippen LogP contribution in [-0.4, -0.2) is 30.1 Å². The minimum atomic E-state index is 0.187. The van der Waals surface area contributed by atoms with Gasteiger partial charge in [0.15, 0.2) is 11.5 Å². The van der Waals surface area contributed by atoms with E-state index in [4.69, 9.17) is 21.9 Å². The Hall–Kier alpha value is -3.26. The number of nitrogens with zero attached hydrogens (tertiary/aromatic N) is 6. The lowest BCUT2D eigenvalue weighted by atomic mass is 10.3. The molecule has 0 unspecified atom stereocenters. The molecule has 0 amide bonds. The number of anilines is 1. The van der Waals surface area contributed by atoms with Crippen LogP contribution in [0.1, 0.15) is 0 Å². The summed E-state index contributed by atoms with van der Waals surface area (Å²) in [5.74, 6) is 0.879. The number of hydrogen-bond donors (Lipinski definition) is 1. The van der Waals surface area contributed by atoms with Gasteiger partial charge in [-0.05, 0) is 36.4 Å². The van der Waals surface area contributed by atoms with Gasteiger partial charge in [0, 0.05) is 23.0 Å². The van der Waals surface area contributed by atoms with Crippen molar-refractivity contribution < 1.29 is 4.52 Å². The van der Waals surface area contributed by atoms with E-state index in [0.717, 1.165) is 11.3 Å². The largest absolute Gasteiger partial charge is 0.382 e. The molecule has 0 fully saturated rings. The fourth-order valence-corrected chi connectivity index (χ4v) is 2.27. The first-order valence-electron chi connectivity index (χ1n) is 6.94. The molecule has 0 bridgehead atoms. The monoisotopic (exact) mass is 339 g/mol. The van der Waals surface area contributed by atoms with Crippen LogP contribution in [-0.2, 0) is 0 Å².